The first-order chi connectivity index (χ1) is 20.3. The summed E-state index contributed by atoms with van der Waals surface area (Å²) in [6.07, 6.45) is 2.95. The second-order valence-corrected chi connectivity index (χ2v) is 11.8. The summed E-state index contributed by atoms with van der Waals surface area (Å²) in [7, 11) is 5.99. The number of hydrogen-bond donors (Lipinski definition) is 2. The van der Waals surface area contributed by atoms with Crippen molar-refractivity contribution in [1.82, 2.24) is 0 Å². The Balaban J connectivity index is 0.00000368. The zero-order chi connectivity index (χ0) is 29.4. The predicted octanol–water partition coefficient (Wildman–Crippen LogP) is 2.06. The molecule has 10 heteroatoms. The van der Waals surface area contributed by atoms with Crippen molar-refractivity contribution >= 4 is 29.7 Å². The van der Waals surface area contributed by atoms with E-state index in [9.17, 15) is 14.4 Å². The standard InChI is InChI=1S/C33H35N3O6.HI/c1-36(2)27-17-23(18-28(36)32-31(27)42-32)41-33(39)35-26-15-20(9-12-24(26)22-7-5-4-6-8-22)11-14-30(38)34-25-13-10-21(19-37)16-29(25)40-3;/h4-10,12-13,15-16,19,23,27-28,31-32H,11,14,17-18H2,1-3H3,(H-,34,35,37,38,39);1H/t23-,27-,28+,31-,32+;. The molecule has 2 N–H and O–H groups in total. The number of morpholine rings is 1. The highest BCUT2D eigenvalue weighted by Gasteiger charge is 2.70. The summed E-state index contributed by atoms with van der Waals surface area (Å²) in [5.74, 6) is 0.228. The minimum absolute atomic E-state index is 0. The number of halogens is 1. The van der Waals surface area contributed by atoms with Gasteiger partial charge in [-0.1, -0.05) is 42.5 Å². The number of fused-ring (bicyclic) bond motifs is 5. The Bertz CT molecular complexity index is 1490. The third-order valence-corrected chi connectivity index (χ3v) is 8.99. The fraction of sp³-hybridized carbons (Fsp3) is 0.364. The molecule has 226 valence electrons. The first-order valence-corrected chi connectivity index (χ1v) is 14.3. The van der Waals surface area contributed by atoms with Gasteiger partial charge in [-0.2, -0.15) is 0 Å². The van der Waals surface area contributed by atoms with Gasteiger partial charge in [-0.25, -0.2) is 4.79 Å². The largest absolute Gasteiger partial charge is 1.00 e. The van der Waals surface area contributed by atoms with Crippen molar-refractivity contribution in [2.24, 2.45) is 0 Å². The lowest BCUT2D eigenvalue weighted by Crippen LogP contribution is -3.00. The maximum Gasteiger partial charge on any atom is 0.411 e. The molecule has 9 nitrogen and oxygen atoms in total. The number of carbonyl (C=O) groups excluding carboxylic acids is 3. The summed E-state index contributed by atoms with van der Waals surface area (Å²) in [5, 5.41) is 5.86. The van der Waals surface area contributed by atoms with Crippen LogP contribution in [0.1, 0.15) is 35.2 Å². The monoisotopic (exact) mass is 697 g/mol. The summed E-state index contributed by atoms with van der Waals surface area (Å²) >= 11 is 0. The van der Waals surface area contributed by atoms with Gasteiger partial charge in [0.05, 0.1) is 32.6 Å². The van der Waals surface area contributed by atoms with Crippen molar-refractivity contribution in [2.75, 3.05) is 31.8 Å². The molecule has 0 aliphatic carbocycles. The number of ether oxygens (including phenoxy) is 3. The number of likely N-dealkylation sites (N-methyl/N-ethyl adjacent to an activating group) is 1. The fourth-order valence-electron chi connectivity index (χ4n) is 6.67. The Morgan fingerprint density at radius 3 is 2.35 bits per heavy atom. The van der Waals surface area contributed by atoms with Crippen LogP contribution in [-0.2, 0) is 20.7 Å². The molecule has 3 aliphatic heterocycles. The Morgan fingerprint density at radius 2 is 1.67 bits per heavy atom. The molecule has 0 spiro atoms. The second kappa shape index (κ2) is 12.6. The summed E-state index contributed by atoms with van der Waals surface area (Å²) in [4.78, 5) is 37.0. The van der Waals surface area contributed by atoms with Gasteiger partial charge in [0, 0.05) is 30.4 Å². The number of amides is 2. The smallest absolute Gasteiger partial charge is 0.411 e. The lowest BCUT2D eigenvalue weighted by atomic mass is 9.96. The van der Waals surface area contributed by atoms with Crippen LogP contribution in [0.25, 0.3) is 11.1 Å². The topological polar surface area (TPSA) is 106 Å². The predicted molar refractivity (Wildman–Crippen MR) is 159 cm³/mol. The highest BCUT2D eigenvalue weighted by atomic mass is 127. The van der Waals surface area contributed by atoms with Crippen LogP contribution in [-0.4, -0.2) is 74.4 Å². The molecule has 0 saturated carbocycles. The van der Waals surface area contributed by atoms with Gasteiger partial charge in [0.15, 0.2) is 0 Å². The number of epoxide rings is 1. The molecule has 3 saturated heterocycles. The van der Waals surface area contributed by atoms with E-state index in [-0.39, 0.29) is 54.6 Å². The number of rotatable bonds is 9. The van der Waals surface area contributed by atoms with Crippen LogP contribution in [0.4, 0.5) is 16.2 Å². The van der Waals surface area contributed by atoms with Gasteiger partial charge < -0.3 is 48.0 Å². The molecule has 0 aromatic heterocycles. The fourth-order valence-corrected chi connectivity index (χ4v) is 6.67. The normalized spacial score (nSPS) is 24.1. The van der Waals surface area contributed by atoms with E-state index in [1.807, 2.05) is 48.5 Å². The lowest BCUT2D eigenvalue weighted by Gasteiger charge is -2.45. The first-order valence-electron chi connectivity index (χ1n) is 14.3. The van der Waals surface area contributed by atoms with Crippen LogP contribution in [0.5, 0.6) is 5.75 Å². The molecule has 0 unspecified atom stereocenters. The molecular weight excluding hydrogens is 661 g/mol. The van der Waals surface area contributed by atoms with Crippen molar-refractivity contribution in [2.45, 2.75) is 56.1 Å². The first kappa shape index (κ1) is 31.0. The molecule has 0 radical (unpaired) electrons. The molecule has 3 aliphatic rings. The number of piperidine rings is 1. The Morgan fingerprint density at radius 1 is 0.953 bits per heavy atom. The number of hydrogen-bond acceptors (Lipinski definition) is 6. The average Bonchev–Trinajstić information content (AvgIpc) is 3.75. The second-order valence-electron chi connectivity index (χ2n) is 11.8. The summed E-state index contributed by atoms with van der Waals surface area (Å²) < 4.78 is 18.1. The van der Waals surface area contributed by atoms with Crippen molar-refractivity contribution < 1.29 is 57.1 Å². The zero-order valence-corrected chi connectivity index (χ0v) is 26.6. The Labute approximate surface area is 268 Å². The molecule has 2 amide bonds. The molecular formula is C33H36IN3O6. The summed E-state index contributed by atoms with van der Waals surface area (Å²) in [5.41, 5.74) is 4.34. The Hall–Kier alpha value is -3.48. The zero-order valence-electron chi connectivity index (χ0n) is 24.4. The molecule has 5 atom stereocenters. The molecule has 3 heterocycles. The van der Waals surface area contributed by atoms with E-state index in [1.165, 1.54) is 7.11 Å². The van der Waals surface area contributed by atoms with E-state index in [4.69, 9.17) is 14.2 Å². The average molecular weight is 698 g/mol. The molecule has 3 aromatic rings. The maximum atomic E-state index is 13.2. The number of carbonyl (C=O) groups is 3. The number of nitrogens with zero attached hydrogens (tertiary/aromatic N) is 1. The van der Waals surface area contributed by atoms with Crippen LogP contribution in [0.15, 0.2) is 66.7 Å². The van der Waals surface area contributed by atoms with Crippen molar-refractivity contribution in [3.8, 4) is 16.9 Å². The molecule has 3 aromatic carbocycles. The van der Waals surface area contributed by atoms with Gasteiger partial charge in [0.2, 0.25) is 5.91 Å². The summed E-state index contributed by atoms with van der Waals surface area (Å²) in [6.45, 7) is 0. The number of quaternary nitrogens is 1. The number of anilines is 2. The van der Waals surface area contributed by atoms with E-state index < -0.39 is 6.09 Å². The third-order valence-electron chi connectivity index (χ3n) is 8.99. The minimum atomic E-state index is -0.473. The van der Waals surface area contributed by atoms with Crippen LogP contribution in [0.2, 0.25) is 0 Å². The van der Waals surface area contributed by atoms with Gasteiger partial charge in [-0.3, -0.25) is 14.9 Å². The van der Waals surface area contributed by atoms with E-state index >= 15 is 0 Å². The third kappa shape index (κ3) is 6.41. The van der Waals surface area contributed by atoms with E-state index in [0.29, 0.717) is 41.2 Å². The van der Waals surface area contributed by atoms with E-state index in [2.05, 4.69) is 24.7 Å². The van der Waals surface area contributed by atoms with E-state index in [1.54, 1.807) is 18.2 Å². The van der Waals surface area contributed by atoms with Crippen molar-refractivity contribution in [3.63, 3.8) is 0 Å². The molecule has 2 bridgehead atoms. The number of nitrogens with one attached hydrogen (secondary N) is 2. The van der Waals surface area contributed by atoms with Gasteiger partial charge in [0.25, 0.3) is 0 Å². The quantitative estimate of drug-likeness (QED) is 0.154. The number of aryl methyl sites for hydroxylation is 1. The van der Waals surface area contributed by atoms with Crippen molar-refractivity contribution in [3.05, 3.63) is 77.9 Å². The van der Waals surface area contributed by atoms with Crippen LogP contribution < -0.4 is 39.3 Å². The number of benzene rings is 3. The Kier molecular flexibility index (Phi) is 9.10. The molecule has 43 heavy (non-hydrogen) atoms. The van der Waals surface area contributed by atoms with Gasteiger partial charge in [-0.15, -0.1) is 0 Å². The highest BCUT2D eigenvalue weighted by Crippen LogP contribution is 2.51. The van der Waals surface area contributed by atoms with Gasteiger partial charge >= 0.3 is 6.09 Å². The van der Waals surface area contributed by atoms with Crippen molar-refractivity contribution in [1.29, 1.82) is 0 Å². The lowest BCUT2D eigenvalue weighted by molar-refractivity contribution is -0.938. The molecule has 6 rings (SSSR count). The number of methoxy groups -OCH3 is 1. The van der Waals surface area contributed by atoms with Crippen LogP contribution >= 0.6 is 0 Å². The van der Waals surface area contributed by atoms with Gasteiger partial charge in [-0.05, 0) is 41.8 Å². The maximum absolute atomic E-state index is 13.2. The SMILES string of the molecule is COc1cc(C=O)ccc1NC(=O)CCc1ccc(-c2ccccc2)c(NC(=O)O[C@@H]2C[C@@H]3[C@H]4O[C@H]4[C@H](C2)[N+]3(C)C)c1.[I-]. The van der Waals surface area contributed by atoms with E-state index in [0.717, 1.165) is 40.3 Å². The van der Waals surface area contributed by atoms with Gasteiger partial charge in [0.1, 0.15) is 42.4 Å². The number of aldehydes is 1. The molecule has 3 fully saturated rings. The van der Waals surface area contributed by atoms with Crippen LogP contribution in [0, 0.1) is 0 Å². The minimum Gasteiger partial charge on any atom is -1.00 e. The van der Waals surface area contributed by atoms with Crippen LogP contribution in [0.3, 0.4) is 0 Å². The summed E-state index contributed by atoms with van der Waals surface area (Å²) in [6, 6.07) is 21.2. The highest BCUT2D eigenvalue weighted by molar-refractivity contribution is 5.94.